The van der Waals surface area contributed by atoms with E-state index in [9.17, 15) is 0 Å². The normalized spacial score (nSPS) is 11.0. The van der Waals surface area contributed by atoms with Gasteiger partial charge in [0, 0.05) is 23.7 Å². The van der Waals surface area contributed by atoms with Crippen molar-refractivity contribution in [2.24, 2.45) is 5.73 Å². The average molecular weight is 238 g/mol. The van der Waals surface area contributed by atoms with Gasteiger partial charge in [0.15, 0.2) is 5.82 Å². The first-order chi connectivity index (χ1) is 8.79. The Bertz CT molecular complexity index is 686. The summed E-state index contributed by atoms with van der Waals surface area (Å²) in [4.78, 5) is 12.3. The van der Waals surface area contributed by atoms with Crippen LogP contribution in [0.4, 0.5) is 0 Å². The van der Waals surface area contributed by atoms with Crippen molar-refractivity contribution in [3.63, 3.8) is 0 Å². The lowest BCUT2D eigenvalue weighted by atomic mass is 10.1. The summed E-state index contributed by atoms with van der Waals surface area (Å²) in [5, 5.41) is 1.04. The van der Waals surface area contributed by atoms with E-state index in [1.54, 1.807) is 0 Å². The van der Waals surface area contributed by atoms with E-state index in [0.29, 0.717) is 6.54 Å². The molecule has 0 radical (unpaired) electrons. The van der Waals surface area contributed by atoms with E-state index in [-0.39, 0.29) is 0 Å². The van der Waals surface area contributed by atoms with Crippen LogP contribution in [0.25, 0.3) is 22.4 Å². The average Bonchev–Trinajstić information content (AvgIpc) is 2.83. The third-order valence-electron chi connectivity index (χ3n) is 3.05. The van der Waals surface area contributed by atoms with Gasteiger partial charge >= 0.3 is 0 Å². The van der Waals surface area contributed by atoms with Crippen LogP contribution < -0.4 is 5.73 Å². The van der Waals surface area contributed by atoms with Crippen LogP contribution in [0.3, 0.4) is 0 Å². The quantitative estimate of drug-likeness (QED) is 0.720. The number of benzene rings is 1. The van der Waals surface area contributed by atoms with Gasteiger partial charge in [0.1, 0.15) is 5.65 Å². The Balaban J connectivity index is 2.23. The van der Waals surface area contributed by atoms with Crippen LogP contribution in [0, 0.1) is 6.92 Å². The van der Waals surface area contributed by atoms with E-state index < -0.39 is 0 Å². The highest BCUT2D eigenvalue weighted by atomic mass is 15.0. The van der Waals surface area contributed by atoms with Crippen LogP contribution in [-0.4, -0.2) is 15.0 Å². The molecule has 0 aliphatic rings. The zero-order valence-corrected chi connectivity index (χ0v) is 10.1. The van der Waals surface area contributed by atoms with Crippen molar-refractivity contribution in [3.05, 3.63) is 47.8 Å². The Morgan fingerprint density at radius 3 is 2.67 bits per heavy atom. The summed E-state index contributed by atoms with van der Waals surface area (Å²) in [5.74, 6) is 0.742. The van der Waals surface area contributed by atoms with Crippen molar-refractivity contribution in [1.82, 2.24) is 15.0 Å². The molecule has 0 saturated carbocycles. The highest BCUT2D eigenvalue weighted by Gasteiger charge is 2.10. The second-order valence-corrected chi connectivity index (χ2v) is 4.24. The van der Waals surface area contributed by atoms with Crippen LogP contribution in [-0.2, 0) is 6.54 Å². The number of aromatic nitrogens is 3. The first-order valence-corrected chi connectivity index (χ1v) is 5.89. The second kappa shape index (κ2) is 4.23. The van der Waals surface area contributed by atoms with Crippen molar-refractivity contribution in [2.75, 3.05) is 0 Å². The maximum atomic E-state index is 5.70. The highest BCUT2D eigenvalue weighted by molar-refractivity contribution is 5.83. The van der Waals surface area contributed by atoms with Crippen molar-refractivity contribution in [3.8, 4) is 11.4 Å². The van der Waals surface area contributed by atoms with Gasteiger partial charge in [0.2, 0.25) is 0 Å². The molecule has 2 aromatic heterocycles. The SMILES string of the molecule is Cc1nc(-c2ccccc2)nc2[nH]cc(CN)c12. The van der Waals surface area contributed by atoms with Gasteiger partial charge in [-0.15, -0.1) is 0 Å². The Hall–Kier alpha value is -2.20. The summed E-state index contributed by atoms with van der Waals surface area (Å²) in [5.41, 5.74) is 9.59. The molecule has 3 N–H and O–H groups in total. The Kier molecular flexibility index (Phi) is 2.57. The largest absolute Gasteiger partial charge is 0.346 e. The first kappa shape index (κ1) is 10.9. The molecule has 3 rings (SSSR count). The molecule has 0 aliphatic carbocycles. The Morgan fingerprint density at radius 1 is 1.17 bits per heavy atom. The predicted molar refractivity (Wildman–Crippen MR) is 72.0 cm³/mol. The van der Waals surface area contributed by atoms with Crippen molar-refractivity contribution < 1.29 is 0 Å². The zero-order valence-electron chi connectivity index (χ0n) is 10.1. The van der Waals surface area contributed by atoms with E-state index in [1.165, 1.54) is 0 Å². The van der Waals surface area contributed by atoms with E-state index in [2.05, 4.69) is 15.0 Å². The monoisotopic (exact) mass is 238 g/mol. The van der Waals surface area contributed by atoms with Gasteiger partial charge in [-0.05, 0) is 12.5 Å². The molecule has 90 valence electrons. The molecular formula is C14H14N4. The zero-order chi connectivity index (χ0) is 12.5. The molecule has 1 aromatic carbocycles. The summed E-state index contributed by atoms with van der Waals surface area (Å²) >= 11 is 0. The van der Waals surface area contributed by atoms with Crippen LogP contribution in [0.5, 0.6) is 0 Å². The number of rotatable bonds is 2. The van der Waals surface area contributed by atoms with Crippen LogP contribution >= 0.6 is 0 Å². The minimum absolute atomic E-state index is 0.495. The molecule has 0 spiro atoms. The topological polar surface area (TPSA) is 67.6 Å². The summed E-state index contributed by atoms with van der Waals surface area (Å²) in [7, 11) is 0. The van der Waals surface area contributed by atoms with Gasteiger partial charge in [0.25, 0.3) is 0 Å². The maximum absolute atomic E-state index is 5.70. The molecule has 0 saturated heterocycles. The number of aryl methyl sites for hydroxylation is 1. The fourth-order valence-corrected chi connectivity index (χ4v) is 2.17. The highest BCUT2D eigenvalue weighted by Crippen LogP contribution is 2.23. The minimum Gasteiger partial charge on any atom is -0.346 e. The van der Waals surface area contributed by atoms with Crippen molar-refractivity contribution in [1.29, 1.82) is 0 Å². The molecular weight excluding hydrogens is 224 g/mol. The van der Waals surface area contributed by atoms with Crippen LogP contribution in [0.15, 0.2) is 36.5 Å². The molecule has 0 bridgehead atoms. The number of aromatic amines is 1. The van der Waals surface area contributed by atoms with Gasteiger partial charge in [-0.25, -0.2) is 9.97 Å². The first-order valence-electron chi connectivity index (χ1n) is 5.89. The fraction of sp³-hybridized carbons (Fsp3) is 0.143. The van der Waals surface area contributed by atoms with E-state index in [1.807, 2.05) is 43.5 Å². The molecule has 4 heteroatoms. The van der Waals surface area contributed by atoms with Gasteiger partial charge in [-0.1, -0.05) is 30.3 Å². The van der Waals surface area contributed by atoms with Crippen LogP contribution in [0.1, 0.15) is 11.3 Å². The fourth-order valence-electron chi connectivity index (χ4n) is 2.17. The molecule has 0 atom stereocenters. The standard InChI is InChI=1S/C14H14N4/c1-9-12-11(7-15)8-16-14(12)18-13(17-9)10-5-3-2-4-6-10/h2-6,8H,7,15H2,1H3,(H,16,17,18). The van der Waals surface area contributed by atoms with E-state index >= 15 is 0 Å². The number of nitrogens with two attached hydrogens (primary N) is 1. The van der Waals surface area contributed by atoms with Crippen molar-refractivity contribution in [2.45, 2.75) is 13.5 Å². The molecule has 0 fully saturated rings. The number of hydrogen-bond donors (Lipinski definition) is 2. The number of H-pyrrole nitrogens is 1. The van der Waals surface area contributed by atoms with Gasteiger partial charge in [-0.2, -0.15) is 0 Å². The number of nitrogens with zero attached hydrogens (tertiary/aromatic N) is 2. The molecule has 0 amide bonds. The lowest BCUT2D eigenvalue weighted by molar-refractivity contribution is 1.08. The third kappa shape index (κ3) is 1.67. The lowest BCUT2D eigenvalue weighted by Crippen LogP contribution is -1.98. The molecule has 0 unspecified atom stereocenters. The van der Waals surface area contributed by atoms with E-state index in [4.69, 9.17) is 5.73 Å². The predicted octanol–water partition coefficient (Wildman–Crippen LogP) is 2.39. The summed E-state index contributed by atoms with van der Waals surface area (Å²) in [6, 6.07) is 9.97. The molecule has 3 aromatic rings. The number of fused-ring (bicyclic) bond motifs is 1. The summed E-state index contributed by atoms with van der Waals surface area (Å²) < 4.78 is 0. The molecule has 2 heterocycles. The van der Waals surface area contributed by atoms with E-state index in [0.717, 1.165) is 33.7 Å². The number of hydrogen-bond acceptors (Lipinski definition) is 3. The third-order valence-corrected chi connectivity index (χ3v) is 3.05. The molecule has 4 nitrogen and oxygen atoms in total. The summed E-state index contributed by atoms with van der Waals surface area (Å²) in [6.07, 6.45) is 1.90. The van der Waals surface area contributed by atoms with Gasteiger partial charge in [0.05, 0.1) is 5.69 Å². The minimum atomic E-state index is 0.495. The van der Waals surface area contributed by atoms with Gasteiger partial charge < -0.3 is 10.7 Å². The Labute approximate surface area is 105 Å². The van der Waals surface area contributed by atoms with Crippen molar-refractivity contribution >= 4 is 11.0 Å². The maximum Gasteiger partial charge on any atom is 0.161 e. The lowest BCUT2D eigenvalue weighted by Gasteiger charge is -2.03. The number of nitrogens with one attached hydrogen (secondary N) is 1. The van der Waals surface area contributed by atoms with Gasteiger partial charge in [-0.3, -0.25) is 0 Å². The molecule has 18 heavy (non-hydrogen) atoms. The second-order valence-electron chi connectivity index (χ2n) is 4.24. The smallest absolute Gasteiger partial charge is 0.161 e. The summed E-state index contributed by atoms with van der Waals surface area (Å²) in [6.45, 7) is 2.48. The van der Waals surface area contributed by atoms with Crippen LogP contribution in [0.2, 0.25) is 0 Å². The Morgan fingerprint density at radius 2 is 1.94 bits per heavy atom. The molecule has 0 aliphatic heterocycles.